The molecule has 0 spiro atoms. The number of hydrogen-bond acceptors (Lipinski definition) is 5. The van der Waals surface area contributed by atoms with E-state index in [1.54, 1.807) is 18.4 Å². The number of aliphatic imine (C=N–C) groups is 1. The molecule has 0 bridgehead atoms. The van der Waals surface area contributed by atoms with Gasteiger partial charge < -0.3 is 15.2 Å². The van der Waals surface area contributed by atoms with Crippen LogP contribution in [0.15, 0.2) is 21.0 Å². The predicted molar refractivity (Wildman–Crippen MR) is 123 cm³/mol. The summed E-state index contributed by atoms with van der Waals surface area (Å²) in [6, 6.07) is 2.04. The first kappa shape index (κ1) is 23.9. The number of halogens is 1. The highest BCUT2D eigenvalue weighted by molar-refractivity contribution is 14.0. The summed E-state index contributed by atoms with van der Waals surface area (Å²) in [6.07, 6.45) is 3.04. The van der Waals surface area contributed by atoms with Crippen molar-refractivity contribution in [1.82, 2.24) is 20.8 Å². The van der Waals surface area contributed by atoms with Crippen molar-refractivity contribution in [3.05, 3.63) is 33.6 Å². The molecule has 0 aromatic carbocycles. The van der Waals surface area contributed by atoms with E-state index in [0.29, 0.717) is 18.4 Å². The molecule has 0 aliphatic heterocycles. The van der Waals surface area contributed by atoms with Crippen molar-refractivity contribution in [2.75, 3.05) is 13.6 Å². The summed E-state index contributed by atoms with van der Waals surface area (Å²) in [6.45, 7) is 10.1. The van der Waals surface area contributed by atoms with Gasteiger partial charge in [0.25, 0.3) is 0 Å². The van der Waals surface area contributed by atoms with Crippen molar-refractivity contribution in [3.63, 3.8) is 0 Å². The lowest BCUT2D eigenvalue weighted by atomic mass is 9.99. The van der Waals surface area contributed by atoms with Gasteiger partial charge in [-0.25, -0.2) is 4.98 Å². The molecule has 0 aliphatic carbocycles. The summed E-state index contributed by atoms with van der Waals surface area (Å²) in [5.74, 6) is 2.54. The van der Waals surface area contributed by atoms with Gasteiger partial charge in [-0.1, -0.05) is 32.9 Å². The van der Waals surface area contributed by atoms with Crippen molar-refractivity contribution in [2.45, 2.75) is 65.3 Å². The van der Waals surface area contributed by atoms with E-state index in [1.807, 2.05) is 6.07 Å². The van der Waals surface area contributed by atoms with Crippen LogP contribution in [0.3, 0.4) is 0 Å². The summed E-state index contributed by atoms with van der Waals surface area (Å²) in [7, 11) is 1.77. The van der Waals surface area contributed by atoms with Crippen molar-refractivity contribution in [3.8, 4) is 0 Å². The second-order valence-electron chi connectivity index (χ2n) is 6.67. The van der Waals surface area contributed by atoms with Gasteiger partial charge >= 0.3 is 0 Å². The molecular formula is C19H32IN5OS. The third kappa shape index (κ3) is 7.40. The van der Waals surface area contributed by atoms with Crippen LogP contribution < -0.4 is 10.6 Å². The number of guanidine groups is 1. The third-order valence-corrected chi connectivity index (χ3v) is 5.57. The first-order chi connectivity index (χ1) is 12.6. The van der Waals surface area contributed by atoms with Crippen LogP contribution in [0.2, 0.25) is 0 Å². The molecule has 0 unspecified atom stereocenters. The summed E-state index contributed by atoms with van der Waals surface area (Å²) in [5.41, 5.74) is 2.17. The van der Waals surface area contributed by atoms with Gasteiger partial charge in [-0.2, -0.15) is 0 Å². The lowest BCUT2D eigenvalue weighted by Crippen LogP contribution is -2.37. The Labute approximate surface area is 183 Å². The Kier molecular flexibility index (Phi) is 10.9. The van der Waals surface area contributed by atoms with Crippen LogP contribution in [0.4, 0.5) is 0 Å². The topological polar surface area (TPSA) is 75.3 Å². The van der Waals surface area contributed by atoms with Crippen molar-refractivity contribution in [1.29, 1.82) is 0 Å². The van der Waals surface area contributed by atoms with Gasteiger partial charge in [-0.3, -0.25) is 4.99 Å². The maximum Gasteiger partial charge on any atom is 0.191 e. The fourth-order valence-corrected chi connectivity index (χ4v) is 3.58. The van der Waals surface area contributed by atoms with Crippen LogP contribution in [-0.2, 0) is 13.0 Å². The smallest absolute Gasteiger partial charge is 0.191 e. The largest absolute Gasteiger partial charge is 0.359 e. The van der Waals surface area contributed by atoms with E-state index in [4.69, 9.17) is 4.52 Å². The molecule has 27 heavy (non-hydrogen) atoms. The Morgan fingerprint density at radius 3 is 2.59 bits per heavy atom. The summed E-state index contributed by atoms with van der Waals surface area (Å²) in [5, 5.41) is 14.1. The minimum atomic E-state index is 0. The van der Waals surface area contributed by atoms with Crippen LogP contribution in [0.1, 0.15) is 74.5 Å². The molecule has 0 radical (unpaired) electrons. The molecule has 2 heterocycles. The molecule has 152 valence electrons. The Balaban J connectivity index is 0.00000364. The van der Waals surface area contributed by atoms with Gasteiger partial charge in [-0.05, 0) is 12.8 Å². The van der Waals surface area contributed by atoms with E-state index >= 15 is 0 Å². The zero-order chi connectivity index (χ0) is 18.9. The van der Waals surface area contributed by atoms with E-state index in [9.17, 15) is 0 Å². The Hall–Kier alpha value is -1.16. The van der Waals surface area contributed by atoms with Crippen molar-refractivity contribution < 1.29 is 4.52 Å². The molecule has 0 aliphatic rings. The molecule has 2 aromatic rings. The molecule has 2 aromatic heterocycles. The zero-order valence-corrected chi connectivity index (χ0v) is 20.1. The Morgan fingerprint density at radius 2 is 2.00 bits per heavy atom. The molecular weight excluding hydrogens is 473 g/mol. The molecule has 2 rings (SSSR count). The van der Waals surface area contributed by atoms with E-state index in [2.05, 4.69) is 58.8 Å². The number of aromatic nitrogens is 2. The zero-order valence-electron chi connectivity index (χ0n) is 16.9. The van der Waals surface area contributed by atoms with E-state index in [-0.39, 0.29) is 24.0 Å². The van der Waals surface area contributed by atoms with Crippen LogP contribution in [0, 0.1) is 0 Å². The summed E-state index contributed by atoms with van der Waals surface area (Å²) in [4.78, 5) is 8.91. The number of nitrogens with one attached hydrogen (secondary N) is 2. The van der Waals surface area contributed by atoms with E-state index in [0.717, 1.165) is 48.9 Å². The lowest BCUT2D eigenvalue weighted by Gasteiger charge is -2.10. The highest BCUT2D eigenvalue weighted by Crippen LogP contribution is 2.22. The van der Waals surface area contributed by atoms with E-state index < -0.39 is 0 Å². The second-order valence-corrected chi connectivity index (χ2v) is 7.56. The van der Waals surface area contributed by atoms with Gasteiger partial charge in [0.05, 0.1) is 22.9 Å². The molecule has 0 amide bonds. The lowest BCUT2D eigenvalue weighted by molar-refractivity contribution is 0.368. The third-order valence-electron chi connectivity index (χ3n) is 4.37. The Bertz CT molecular complexity index is 694. The molecule has 8 heteroatoms. The first-order valence-electron chi connectivity index (χ1n) is 9.41. The number of thiazole rings is 1. The number of nitrogens with zero attached hydrogens (tertiary/aromatic N) is 3. The molecule has 0 saturated heterocycles. The monoisotopic (exact) mass is 505 g/mol. The Morgan fingerprint density at radius 1 is 1.26 bits per heavy atom. The quantitative estimate of drug-likeness (QED) is 0.294. The minimum absolute atomic E-state index is 0. The van der Waals surface area contributed by atoms with Crippen LogP contribution in [0.25, 0.3) is 0 Å². The van der Waals surface area contributed by atoms with Gasteiger partial charge in [0.2, 0.25) is 0 Å². The number of rotatable bonds is 9. The average Bonchev–Trinajstić information content (AvgIpc) is 3.29. The summed E-state index contributed by atoms with van der Waals surface area (Å²) >= 11 is 1.73. The molecule has 0 fully saturated rings. The fraction of sp³-hybridized carbons (Fsp3) is 0.632. The molecule has 6 nitrogen and oxygen atoms in total. The molecule has 0 saturated carbocycles. The second kappa shape index (κ2) is 12.3. The highest BCUT2D eigenvalue weighted by atomic mass is 127. The predicted octanol–water partition coefficient (Wildman–Crippen LogP) is 4.68. The average molecular weight is 505 g/mol. The van der Waals surface area contributed by atoms with Crippen LogP contribution in [-0.4, -0.2) is 29.7 Å². The standard InChI is InChI=1S/C19H31N5OS.HI/c1-6-14(7-2)17-10-16(25-24-17)11-22-19(20-5)21-9-8-15-12-26-18(23-15)13(3)4;/h10,12-14H,6-9,11H2,1-5H3,(H2,20,21,22);1H. The summed E-state index contributed by atoms with van der Waals surface area (Å²) < 4.78 is 5.44. The highest BCUT2D eigenvalue weighted by Gasteiger charge is 2.13. The van der Waals surface area contributed by atoms with Crippen molar-refractivity contribution >= 4 is 41.3 Å². The van der Waals surface area contributed by atoms with Crippen LogP contribution >= 0.6 is 35.3 Å². The van der Waals surface area contributed by atoms with Gasteiger partial charge in [0, 0.05) is 43.3 Å². The molecule has 2 N–H and O–H groups in total. The maximum absolute atomic E-state index is 5.44. The normalized spacial score (nSPS) is 11.7. The van der Waals surface area contributed by atoms with Gasteiger partial charge in [0.1, 0.15) is 0 Å². The SMILES string of the molecule is CCC(CC)c1cc(CNC(=NC)NCCc2csc(C(C)C)n2)on1.I. The maximum atomic E-state index is 5.44. The minimum Gasteiger partial charge on any atom is -0.359 e. The van der Waals surface area contributed by atoms with Gasteiger partial charge in [-0.15, -0.1) is 35.3 Å². The first-order valence-corrected chi connectivity index (χ1v) is 10.3. The molecule has 0 atom stereocenters. The van der Waals surface area contributed by atoms with Crippen LogP contribution in [0.5, 0.6) is 0 Å². The number of hydrogen-bond donors (Lipinski definition) is 2. The van der Waals surface area contributed by atoms with Crippen molar-refractivity contribution in [2.24, 2.45) is 4.99 Å². The van der Waals surface area contributed by atoms with Gasteiger partial charge in [0.15, 0.2) is 11.7 Å². The van der Waals surface area contributed by atoms with E-state index in [1.165, 1.54) is 5.01 Å². The fourth-order valence-electron chi connectivity index (χ4n) is 2.71.